The minimum Gasteiger partial charge on any atom is -0.358 e. The number of benzene rings is 1. The van der Waals surface area contributed by atoms with Gasteiger partial charge in [0.1, 0.15) is 18.6 Å². The Hall–Kier alpha value is -2.50. The minimum absolute atomic E-state index is 0.120. The van der Waals surface area contributed by atoms with Crippen LogP contribution in [0.2, 0.25) is 0 Å². The molecule has 2 rings (SSSR count). The predicted molar refractivity (Wildman–Crippen MR) is 73.4 cm³/mol. The topological polar surface area (TPSA) is 61.0 Å². The molecule has 0 fully saturated rings. The first kappa shape index (κ1) is 13.9. The van der Waals surface area contributed by atoms with E-state index < -0.39 is 4.92 Å². The Morgan fingerprint density at radius 3 is 2.70 bits per heavy atom. The monoisotopic (exact) mass is 274 g/mol. The van der Waals surface area contributed by atoms with Crippen LogP contribution in [0.15, 0.2) is 37.0 Å². The summed E-state index contributed by atoms with van der Waals surface area (Å²) in [5.74, 6) is -0.0914. The molecule has 2 aromatic rings. The maximum Gasteiger partial charge on any atom is 0.343 e. The van der Waals surface area contributed by atoms with Gasteiger partial charge in [-0.3, -0.25) is 0 Å². The number of aromatic nitrogens is 2. The van der Waals surface area contributed by atoms with Gasteiger partial charge in [0, 0.05) is 5.57 Å². The van der Waals surface area contributed by atoms with E-state index in [-0.39, 0.29) is 11.6 Å². The maximum atomic E-state index is 12.9. The zero-order valence-corrected chi connectivity index (χ0v) is 10.9. The van der Waals surface area contributed by atoms with Crippen molar-refractivity contribution in [2.24, 2.45) is 0 Å². The number of nitrogens with zero attached hydrogens (tertiary/aromatic N) is 3. The summed E-state index contributed by atoms with van der Waals surface area (Å²) in [6.45, 7) is 7.42. The highest BCUT2D eigenvalue weighted by molar-refractivity contribution is 5.75. The Bertz CT molecular complexity index is 647. The summed E-state index contributed by atoms with van der Waals surface area (Å²) in [5.41, 5.74) is 1.17. The molecule has 0 aliphatic heterocycles. The molecule has 1 heterocycles. The second-order valence-electron chi connectivity index (χ2n) is 4.14. The summed E-state index contributed by atoms with van der Waals surface area (Å²) in [6.07, 6.45) is 1.80. The molecule has 0 unspecified atom stereocenters. The van der Waals surface area contributed by atoms with E-state index in [0.717, 1.165) is 0 Å². The summed E-state index contributed by atoms with van der Waals surface area (Å²) >= 11 is 0. The lowest BCUT2D eigenvalue weighted by molar-refractivity contribution is -0.391. The minimum atomic E-state index is -0.499. The van der Waals surface area contributed by atoms with Gasteiger partial charge in [0.25, 0.3) is 0 Å². The zero-order valence-electron chi connectivity index (χ0n) is 10.9. The predicted octanol–water partition coefficient (Wildman–Crippen LogP) is 3.41. The van der Waals surface area contributed by atoms with Gasteiger partial charge in [-0.2, -0.15) is 4.57 Å². The van der Waals surface area contributed by atoms with Crippen molar-refractivity contribution < 1.29 is 9.31 Å². The van der Waals surface area contributed by atoms with E-state index in [2.05, 4.69) is 11.6 Å². The van der Waals surface area contributed by atoms with Gasteiger partial charge in [-0.05, 0) is 29.0 Å². The van der Waals surface area contributed by atoms with Gasteiger partial charge in [0.05, 0.1) is 0 Å². The van der Waals surface area contributed by atoms with Gasteiger partial charge in [-0.25, -0.2) is 9.37 Å². The maximum absolute atomic E-state index is 12.9. The molecular weight excluding hydrogens is 261 g/mol. The van der Waals surface area contributed by atoms with E-state index in [1.165, 1.54) is 22.9 Å². The Morgan fingerprint density at radius 1 is 1.50 bits per heavy atom. The molecular formula is C14H13FN3O2. The highest BCUT2D eigenvalue weighted by Crippen LogP contribution is 2.25. The van der Waals surface area contributed by atoms with E-state index in [1.807, 2.05) is 6.92 Å². The molecule has 0 spiro atoms. The number of hydrogen-bond acceptors (Lipinski definition) is 3. The SMILES string of the molecule is C=C(c1ccc(F)cc1)c1ncc([N+](=O)[O-])n1[CH]CC. The summed E-state index contributed by atoms with van der Waals surface area (Å²) in [6, 6.07) is 5.75. The van der Waals surface area contributed by atoms with Crippen LogP contribution in [0.5, 0.6) is 0 Å². The third kappa shape index (κ3) is 2.59. The summed E-state index contributed by atoms with van der Waals surface area (Å²) in [4.78, 5) is 14.5. The second kappa shape index (κ2) is 5.64. The molecule has 5 nitrogen and oxygen atoms in total. The Labute approximate surface area is 115 Å². The van der Waals surface area contributed by atoms with Crippen LogP contribution in [0, 0.1) is 22.5 Å². The first-order chi connectivity index (χ1) is 9.54. The first-order valence-corrected chi connectivity index (χ1v) is 6.04. The molecule has 0 atom stereocenters. The van der Waals surface area contributed by atoms with Crippen molar-refractivity contribution in [3.63, 3.8) is 0 Å². The lowest BCUT2D eigenvalue weighted by Crippen LogP contribution is -2.05. The van der Waals surface area contributed by atoms with Crippen LogP contribution in [-0.4, -0.2) is 14.5 Å². The molecule has 1 aromatic carbocycles. The van der Waals surface area contributed by atoms with E-state index in [0.29, 0.717) is 23.4 Å². The van der Waals surface area contributed by atoms with Gasteiger partial charge in [-0.1, -0.05) is 25.6 Å². The van der Waals surface area contributed by atoms with Crippen LogP contribution in [0.25, 0.3) is 5.57 Å². The van der Waals surface area contributed by atoms with Crippen LogP contribution in [-0.2, 0) is 0 Å². The zero-order chi connectivity index (χ0) is 14.7. The highest BCUT2D eigenvalue weighted by Gasteiger charge is 2.22. The number of halogens is 1. The standard InChI is InChI=1S/C14H13FN3O2/c1-3-8-17-13(18(19)20)9-16-14(17)10(2)11-4-6-12(15)7-5-11/h4-9H,2-3H2,1H3. The fourth-order valence-corrected chi connectivity index (χ4v) is 1.85. The van der Waals surface area contributed by atoms with Crippen molar-refractivity contribution in [2.45, 2.75) is 13.3 Å². The quantitative estimate of drug-likeness (QED) is 0.620. The van der Waals surface area contributed by atoms with Crippen molar-refractivity contribution in [3.8, 4) is 0 Å². The molecule has 1 aromatic heterocycles. The van der Waals surface area contributed by atoms with E-state index >= 15 is 0 Å². The lowest BCUT2D eigenvalue weighted by atomic mass is 10.1. The summed E-state index contributed by atoms with van der Waals surface area (Å²) < 4.78 is 14.3. The molecule has 0 amide bonds. The summed E-state index contributed by atoms with van der Waals surface area (Å²) in [5, 5.41) is 11.0. The first-order valence-electron chi connectivity index (χ1n) is 6.04. The molecule has 0 saturated heterocycles. The fraction of sp³-hybridized carbons (Fsp3) is 0.143. The molecule has 0 aliphatic rings. The van der Waals surface area contributed by atoms with Crippen molar-refractivity contribution in [2.75, 3.05) is 0 Å². The van der Waals surface area contributed by atoms with Crippen molar-refractivity contribution in [3.05, 3.63) is 70.9 Å². The lowest BCUT2D eigenvalue weighted by Gasteiger charge is -2.05. The largest absolute Gasteiger partial charge is 0.358 e. The average molecular weight is 274 g/mol. The average Bonchev–Trinajstić information content (AvgIpc) is 2.83. The van der Waals surface area contributed by atoms with E-state index in [1.54, 1.807) is 18.7 Å². The number of imidazole rings is 1. The van der Waals surface area contributed by atoms with Crippen LogP contribution in [0.1, 0.15) is 24.7 Å². The Balaban J connectivity index is 2.44. The van der Waals surface area contributed by atoms with Gasteiger partial charge < -0.3 is 10.1 Å². The molecule has 1 radical (unpaired) electrons. The van der Waals surface area contributed by atoms with Crippen LogP contribution < -0.4 is 0 Å². The third-order valence-electron chi connectivity index (χ3n) is 2.79. The molecule has 0 N–H and O–H groups in total. The number of rotatable bonds is 5. The summed E-state index contributed by atoms with van der Waals surface area (Å²) in [7, 11) is 0. The van der Waals surface area contributed by atoms with Gasteiger partial charge in [0.2, 0.25) is 5.82 Å². The molecule has 0 bridgehead atoms. The molecule has 0 aliphatic carbocycles. The van der Waals surface area contributed by atoms with E-state index in [9.17, 15) is 14.5 Å². The van der Waals surface area contributed by atoms with Gasteiger partial charge >= 0.3 is 5.82 Å². The fourth-order valence-electron chi connectivity index (χ4n) is 1.85. The van der Waals surface area contributed by atoms with Crippen LogP contribution >= 0.6 is 0 Å². The highest BCUT2D eigenvalue weighted by atomic mass is 19.1. The van der Waals surface area contributed by atoms with E-state index in [4.69, 9.17) is 0 Å². The molecule has 103 valence electrons. The molecule has 0 saturated carbocycles. The number of hydrogen-bond donors (Lipinski definition) is 0. The van der Waals surface area contributed by atoms with Crippen molar-refractivity contribution in [1.82, 2.24) is 9.55 Å². The van der Waals surface area contributed by atoms with Gasteiger partial charge in [0.15, 0.2) is 0 Å². The van der Waals surface area contributed by atoms with Crippen LogP contribution in [0.3, 0.4) is 0 Å². The number of nitro groups is 1. The Morgan fingerprint density at radius 2 is 2.15 bits per heavy atom. The Kier molecular flexibility index (Phi) is 3.93. The van der Waals surface area contributed by atoms with Crippen LogP contribution in [0.4, 0.5) is 10.2 Å². The second-order valence-corrected chi connectivity index (χ2v) is 4.14. The van der Waals surface area contributed by atoms with Gasteiger partial charge in [-0.15, -0.1) is 0 Å². The van der Waals surface area contributed by atoms with Crippen molar-refractivity contribution >= 4 is 11.4 Å². The molecule has 6 heteroatoms. The smallest absolute Gasteiger partial charge is 0.343 e. The van der Waals surface area contributed by atoms with Crippen molar-refractivity contribution in [1.29, 1.82) is 0 Å². The normalized spacial score (nSPS) is 10.5. The third-order valence-corrected chi connectivity index (χ3v) is 2.79. The molecule has 20 heavy (non-hydrogen) atoms.